The number of aliphatic hydroxyl groups excluding tert-OH is 1. The zero-order chi connectivity index (χ0) is 15.4. The van der Waals surface area contributed by atoms with Crippen LogP contribution in [0.2, 0.25) is 5.15 Å². The van der Waals surface area contributed by atoms with Gasteiger partial charge in [-0.1, -0.05) is 41.1 Å². The van der Waals surface area contributed by atoms with Crippen molar-refractivity contribution in [1.29, 1.82) is 0 Å². The molecule has 0 aliphatic carbocycles. The Bertz CT molecular complexity index is 650. The number of nitrogens with one attached hydrogen (secondary N) is 1. The van der Waals surface area contributed by atoms with Crippen LogP contribution in [-0.2, 0) is 4.74 Å². The maximum atomic E-state index is 13.5. The first-order valence-corrected chi connectivity index (χ1v) is 7.13. The van der Waals surface area contributed by atoms with E-state index in [2.05, 4.69) is 15.0 Å². The highest BCUT2D eigenvalue weighted by atomic mass is 35.5. The Balaban J connectivity index is 2.03. The van der Waals surface area contributed by atoms with Gasteiger partial charge >= 0.3 is 5.97 Å². The van der Waals surface area contributed by atoms with Crippen LogP contribution in [-0.4, -0.2) is 29.7 Å². The van der Waals surface area contributed by atoms with Gasteiger partial charge in [-0.3, -0.25) is 0 Å². The topological polar surface area (TPSA) is 71.5 Å². The second-order valence-electron chi connectivity index (χ2n) is 4.05. The first-order chi connectivity index (χ1) is 10.0. The number of hydrogen-bond acceptors (Lipinski definition) is 6. The van der Waals surface area contributed by atoms with Crippen LogP contribution in [0.15, 0.2) is 24.3 Å². The van der Waals surface area contributed by atoms with E-state index in [-0.39, 0.29) is 22.1 Å². The van der Waals surface area contributed by atoms with Crippen LogP contribution in [0.25, 0.3) is 0 Å². The molecule has 0 amide bonds. The molecule has 1 unspecified atom stereocenters. The highest BCUT2D eigenvalue weighted by molar-refractivity contribution is 7.18. The van der Waals surface area contributed by atoms with Crippen molar-refractivity contribution in [1.82, 2.24) is 4.98 Å². The van der Waals surface area contributed by atoms with Crippen LogP contribution in [0.5, 0.6) is 0 Å². The number of aromatic nitrogens is 1. The van der Waals surface area contributed by atoms with E-state index in [1.807, 2.05) is 0 Å². The lowest BCUT2D eigenvalue weighted by molar-refractivity contribution is 0.0606. The van der Waals surface area contributed by atoms with Crippen LogP contribution in [0, 0.1) is 5.82 Å². The lowest BCUT2D eigenvalue weighted by Gasteiger charge is -2.12. The third-order valence-electron chi connectivity index (χ3n) is 2.67. The van der Waals surface area contributed by atoms with Gasteiger partial charge in [0.25, 0.3) is 0 Å². The second-order valence-corrected chi connectivity index (χ2v) is 5.41. The highest BCUT2D eigenvalue weighted by Gasteiger charge is 2.18. The number of halogens is 2. The van der Waals surface area contributed by atoms with E-state index in [9.17, 15) is 14.3 Å². The third-order valence-corrected chi connectivity index (χ3v) is 4.05. The minimum absolute atomic E-state index is 0.0229. The number of hydrogen-bond donors (Lipinski definition) is 2. The van der Waals surface area contributed by atoms with Crippen LogP contribution < -0.4 is 5.32 Å². The average molecular weight is 331 g/mol. The van der Waals surface area contributed by atoms with Gasteiger partial charge in [-0.25, -0.2) is 14.2 Å². The van der Waals surface area contributed by atoms with Gasteiger partial charge in [0.1, 0.15) is 5.82 Å². The molecule has 0 saturated heterocycles. The van der Waals surface area contributed by atoms with E-state index in [4.69, 9.17) is 11.6 Å². The molecule has 1 atom stereocenters. The predicted molar refractivity (Wildman–Crippen MR) is 78.3 cm³/mol. The SMILES string of the molecule is COC(=O)c1sc(NCC(O)c2ccccc2F)nc1Cl. The van der Waals surface area contributed by atoms with E-state index in [1.165, 1.54) is 19.2 Å². The molecule has 2 aromatic rings. The van der Waals surface area contributed by atoms with E-state index >= 15 is 0 Å². The molecule has 0 radical (unpaired) electrons. The number of anilines is 1. The summed E-state index contributed by atoms with van der Waals surface area (Å²) >= 11 is 6.81. The van der Waals surface area contributed by atoms with Crippen molar-refractivity contribution in [2.75, 3.05) is 19.0 Å². The number of nitrogens with zero attached hydrogens (tertiary/aromatic N) is 1. The number of esters is 1. The fourth-order valence-electron chi connectivity index (χ4n) is 1.64. The van der Waals surface area contributed by atoms with E-state index < -0.39 is 17.9 Å². The van der Waals surface area contributed by atoms with Crippen molar-refractivity contribution < 1.29 is 19.0 Å². The minimum Gasteiger partial charge on any atom is -0.465 e. The van der Waals surface area contributed by atoms with Gasteiger partial charge in [-0.15, -0.1) is 0 Å². The number of ether oxygens (including phenoxy) is 1. The molecule has 5 nitrogen and oxygen atoms in total. The molecule has 1 aromatic carbocycles. The van der Waals surface area contributed by atoms with Crippen molar-refractivity contribution in [3.63, 3.8) is 0 Å². The van der Waals surface area contributed by atoms with Crippen molar-refractivity contribution in [3.05, 3.63) is 45.7 Å². The van der Waals surface area contributed by atoms with Crippen molar-refractivity contribution >= 4 is 34.0 Å². The number of thiazole rings is 1. The second kappa shape index (κ2) is 6.84. The highest BCUT2D eigenvalue weighted by Crippen LogP contribution is 2.28. The van der Waals surface area contributed by atoms with E-state index in [0.29, 0.717) is 5.13 Å². The summed E-state index contributed by atoms with van der Waals surface area (Å²) in [7, 11) is 1.24. The number of rotatable bonds is 5. The first-order valence-electron chi connectivity index (χ1n) is 5.94. The Morgan fingerprint density at radius 2 is 2.29 bits per heavy atom. The zero-order valence-corrected chi connectivity index (χ0v) is 12.5. The van der Waals surface area contributed by atoms with E-state index in [0.717, 1.165) is 11.3 Å². The maximum Gasteiger partial charge on any atom is 0.351 e. The van der Waals surface area contributed by atoms with Gasteiger partial charge in [0, 0.05) is 12.1 Å². The number of carbonyl (C=O) groups excluding carboxylic acids is 1. The molecular weight excluding hydrogens is 319 g/mol. The van der Waals surface area contributed by atoms with E-state index in [1.54, 1.807) is 12.1 Å². The summed E-state index contributed by atoms with van der Waals surface area (Å²) in [5, 5.41) is 13.1. The molecule has 0 aliphatic heterocycles. The molecule has 112 valence electrons. The molecular formula is C13H12ClFN2O3S. The fraction of sp³-hybridized carbons (Fsp3) is 0.231. The quantitative estimate of drug-likeness (QED) is 0.825. The van der Waals surface area contributed by atoms with Gasteiger partial charge < -0.3 is 15.2 Å². The molecule has 0 aliphatic rings. The number of methoxy groups -OCH3 is 1. The molecule has 2 N–H and O–H groups in total. The van der Waals surface area contributed by atoms with Crippen molar-refractivity contribution in [3.8, 4) is 0 Å². The van der Waals surface area contributed by atoms with Crippen molar-refractivity contribution in [2.24, 2.45) is 0 Å². The first kappa shape index (κ1) is 15.7. The Labute approximate surface area is 129 Å². The molecule has 0 fully saturated rings. The minimum atomic E-state index is -1.05. The smallest absolute Gasteiger partial charge is 0.351 e. The Hall–Kier alpha value is -1.70. The number of aliphatic hydroxyl groups is 1. The normalized spacial score (nSPS) is 12.0. The van der Waals surface area contributed by atoms with Crippen molar-refractivity contribution in [2.45, 2.75) is 6.10 Å². The van der Waals surface area contributed by atoms with Gasteiger partial charge in [0.15, 0.2) is 15.2 Å². The summed E-state index contributed by atoms with van der Waals surface area (Å²) in [6.45, 7) is 0.0331. The molecule has 1 aromatic heterocycles. The molecule has 21 heavy (non-hydrogen) atoms. The van der Waals surface area contributed by atoms with Crippen LogP contribution >= 0.6 is 22.9 Å². The lowest BCUT2D eigenvalue weighted by atomic mass is 10.1. The summed E-state index contributed by atoms with van der Waals surface area (Å²) in [6.07, 6.45) is -1.05. The molecule has 8 heteroatoms. The summed E-state index contributed by atoms with van der Waals surface area (Å²) in [5.74, 6) is -1.07. The maximum absolute atomic E-state index is 13.5. The third kappa shape index (κ3) is 3.69. The molecule has 0 bridgehead atoms. The molecule has 1 heterocycles. The monoisotopic (exact) mass is 330 g/mol. The predicted octanol–water partition coefficient (Wildman–Crippen LogP) is 2.87. The van der Waals surface area contributed by atoms with Crippen LogP contribution in [0.1, 0.15) is 21.3 Å². The Kier molecular flexibility index (Phi) is 5.11. The molecule has 0 saturated carbocycles. The molecule has 2 rings (SSSR count). The largest absolute Gasteiger partial charge is 0.465 e. The average Bonchev–Trinajstić information content (AvgIpc) is 2.85. The Morgan fingerprint density at radius 3 is 2.95 bits per heavy atom. The standard InChI is InChI=1S/C13H12ClFN2O3S/c1-20-12(19)10-11(14)17-13(21-10)16-6-9(18)7-4-2-3-5-8(7)15/h2-5,9,18H,6H2,1H3,(H,16,17). The van der Waals surface area contributed by atoms with Gasteiger partial charge in [-0.2, -0.15) is 0 Å². The zero-order valence-electron chi connectivity index (χ0n) is 11.0. The Morgan fingerprint density at radius 1 is 1.57 bits per heavy atom. The summed E-state index contributed by atoms with van der Waals surface area (Å²) < 4.78 is 18.1. The summed E-state index contributed by atoms with van der Waals surface area (Å²) in [6, 6.07) is 5.95. The van der Waals surface area contributed by atoms with Gasteiger partial charge in [-0.05, 0) is 6.07 Å². The van der Waals surface area contributed by atoms with Gasteiger partial charge in [0.05, 0.1) is 13.2 Å². The van der Waals surface area contributed by atoms with Gasteiger partial charge in [0.2, 0.25) is 0 Å². The lowest BCUT2D eigenvalue weighted by Crippen LogP contribution is -2.13. The molecule has 0 spiro atoms. The van der Waals surface area contributed by atoms with Crippen LogP contribution in [0.4, 0.5) is 9.52 Å². The number of benzene rings is 1. The summed E-state index contributed by atoms with van der Waals surface area (Å²) in [5.41, 5.74) is 0.181. The summed E-state index contributed by atoms with van der Waals surface area (Å²) in [4.78, 5) is 15.5. The fourth-order valence-corrected chi connectivity index (χ4v) is 2.74. The number of carbonyl (C=O) groups is 1. The van der Waals surface area contributed by atoms with Crippen LogP contribution in [0.3, 0.4) is 0 Å².